The maximum atomic E-state index is 10.1. The molecule has 0 atom stereocenters. The Morgan fingerprint density at radius 1 is 1.86 bits per heavy atom. The zero-order valence-electron chi connectivity index (χ0n) is 4.32. The minimum Gasteiger partial charge on any atom is -0.368 e. The van der Waals surface area contributed by atoms with E-state index in [0.29, 0.717) is 6.54 Å². The van der Waals surface area contributed by atoms with Gasteiger partial charge in [-0.2, -0.15) is 0 Å². The molecule has 7 heavy (non-hydrogen) atoms. The van der Waals surface area contributed by atoms with Crippen LogP contribution in [0, 0.1) is 6.92 Å². The minimum atomic E-state index is -0.185. The normalized spacial score (nSPS) is 7.71. The Kier molecular flexibility index (Phi) is 3.10. The van der Waals surface area contributed by atoms with Gasteiger partial charge in [0.15, 0.2) is 0 Å². The Morgan fingerprint density at radius 2 is 2.43 bits per heavy atom. The summed E-state index contributed by atoms with van der Waals surface area (Å²) < 4.78 is 0. The van der Waals surface area contributed by atoms with E-state index in [4.69, 9.17) is 0 Å². The predicted octanol–water partition coefficient (Wildman–Crippen LogP) is -0.251. The van der Waals surface area contributed by atoms with Gasteiger partial charge in [0.1, 0.15) is 0 Å². The molecule has 3 heteroatoms. The summed E-state index contributed by atoms with van der Waals surface area (Å²) in [5.41, 5.74) is 0. The van der Waals surface area contributed by atoms with E-state index in [1.165, 1.54) is 0 Å². The van der Waals surface area contributed by atoms with E-state index >= 15 is 0 Å². The Labute approximate surface area is 43.1 Å². The Bertz CT molecular complexity index is 62.7. The van der Waals surface area contributed by atoms with Crippen LogP contribution in [0.3, 0.4) is 0 Å². The first-order valence-electron chi connectivity index (χ1n) is 2.06. The molecule has 0 bridgehead atoms. The summed E-state index contributed by atoms with van der Waals surface area (Å²) in [6.07, 6.45) is 0. The third-order valence-electron chi connectivity index (χ3n) is 0.513. The van der Waals surface area contributed by atoms with E-state index in [9.17, 15) is 4.79 Å². The van der Waals surface area contributed by atoms with Gasteiger partial charge < -0.3 is 17.6 Å². The maximum absolute atomic E-state index is 10.1. The van der Waals surface area contributed by atoms with Gasteiger partial charge in [-0.3, -0.25) is 0 Å². The van der Waals surface area contributed by atoms with Crippen molar-refractivity contribution in [2.75, 3.05) is 13.6 Å². The third-order valence-corrected chi connectivity index (χ3v) is 0.513. The fraction of sp³-hybridized carbons (Fsp3) is 0.500. The first-order valence-corrected chi connectivity index (χ1v) is 2.06. The molecule has 0 aliphatic heterocycles. The second-order valence-corrected chi connectivity index (χ2v) is 1.01. The maximum Gasteiger partial charge on any atom is 0.312 e. The van der Waals surface area contributed by atoms with Crippen LogP contribution in [0.4, 0.5) is 4.79 Å². The van der Waals surface area contributed by atoms with Gasteiger partial charge in [-0.15, -0.1) is 6.54 Å². The van der Waals surface area contributed by atoms with E-state index in [0.717, 1.165) is 0 Å². The van der Waals surface area contributed by atoms with E-state index in [1.54, 1.807) is 7.05 Å². The van der Waals surface area contributed by atoms with E-state index in [1.807, 2.05) is 0 Å². The van der Waals surface area contributed by atoms with E-state index in [2.05, 4.69) is 17.6 Å². The highest BCUT2D eigenvalue weighted by Gasteiger charge is 1.83. The van der Waals surface area contributed by atoms with Gasteiger partial charge in [-0.05, 0) is 0 Å². The van der Waals surface area contributed by atoms with Crippen LogP contribution in [-0.4, -0.2) is 19.6 Å². The molecule has 0 spiro atoms. The van der Waals surface area contributed by atoms with Gasteiger partial charge >= 0.3 is 6.03 Å². The molecule has 0 radical (unpaired) electrons. The molecule has 0 aliphatic carbocycles. The first kappa shape index (κ1) is 6.27. The van der Waals surface area contributed by atoms with Crippen LogP contribution < -0.4 is 10.6 Å². The highest BCUT2D eigenvalue weighted by atomic mass is 16.2. The largest absolute Gasteiger partial charge is 0.368 e. The minimum absolute atomic E-state index is 0.185. The fourth-order valence-corrected chi connectivity index (χ4v) is 0.202. The van der Waals surface area contributed by atoms with Crippen molar-refractivity contribution in [1.82, 2.24) is 10.6 Å². The lowest BCUT2D eigenvalue weighted by atomic mass is 10.7. The number of carbonyl (C=O) groups excluding carboxylic acids is 1. The monoisotopic (exact) mass is 101 g/mol. The molecule has 0 aromatic carbocycles. The molecule has 2 amide bonds. The number of rotatable bonds is 1. The lowest BCUT2D eigenvalue weighted by Gasteiger charge is -2.00. The van der Waals surface area contributed by atoms with Crippen LogP contribution in [0.25, 0.3) is 0 Å². The number of urea groups is 1. The summed E-state index contributed by atoms with van der Waals surface area (Å²) in [4.78, 5) is 10.1. The molecule has 2 N–H and O–H groups in total. The van der Waals surface area contributed by atoms with Gasteiger partial charge in [0.05, 0.1) is 0 Å². The van der Waals surface area contributed by atoms with Crippen molar-refractivity contribution in [3.63, 3.8) is 0 Å². The zero-order chi connectivity index (χ0) is 5.70. The second-order valence-electron chi connectivity index (χ2n) is 1.01. The van der Waals surface area contributed by atoms with Crippen LogP contribution >= 0.6 is 0 Å². The molecular formula is C4H9N2O-. The molecule has 3 nitrogen and oxygen atoms in total. The van der Waals surface area contributed by atoms with Crippen LogP contribution in [-0.2, 0) is 0 Å². The van der Waals surface area contributed by atoms with Crippen molar-refractivity contribution in [3.05, 3.63) is 6.92 Å². The summed E-state index contributed by atoms with van der Waals surface area (Å²) >= 11 is 0. The van der Waals surface area contributed by atoms with Crippen molar-refractivity contribution in [1.29, 1.82) is 0 Å². The van der Waals surface area contributed by atoms with Crippen molar-refractivity contribution < 1.29 is 4.79 Å². The fourth-order valence-electron chi connectivity index (χ4n) is 0.202. The predicted molar refractivity (Wildman–Crippen MR) is 27.8 cm³/mol. The summed E-state index contributed by atoms with van der Waals surface area (Å²) in [5.74, 6) is 0. The van der Waals surface area contributed by atoms with Crippen molar-refractivity contribution in [3.8, 4) is 0 Å². The lowest BCUT2D eigenvalue weighted by molar-refractivity contribution is 0.244. The van der Waals surface area contributed by atoms with Crippen LogP contribution in [0.5, 0.6) is 0 Å². The number of amides is 2. The van der Waals surface area contributed by atoms with Gasteiger partial charge in [-0.1, -0.05) is 0 Å². The standard InChI is InChI=1S/C4H9N2O/c1-3-6-4(7)5-2/h1,3H2,2H3,(H2,5,6,7)/q-1. The number of carbonyl (C=O) groups is 1. The first-order chi connectivity index (χ1) is 3.31. The molecule has 0 unspecified atom stereocenters. The van der Waals surface area contributed by atoms with Crippen LogP contribution in [0.1, 0.15) is 0 Å². The Hall–Kier alpha value is -0.730. The van der Waals surface area contributed by atoms with Gasteiger partial charge in [0, 0.05) is 7.05 Å². The number of nitrogens with one attached hydrogen (secondary N) is 2. The number of hydrogen-bond acceptors (Lipinski definition) is 1. The summed E-state index contributed by atoms with van der Waals surface area (Å²) in [6, 6.07) is -0.185. The molecular weight excluding hydrogens is 92.1 g/mol. The highest BCUT2D eigenvalue weighted by molar-refractivity contribution is 5.73. The number of hydrogen-bond donors (Lipinski definition) is 2. The van der Waals surface area contributed by atoms with Crippen LogP contribution in [0.15, 0.2) is 0 Å². The van der Waals surface area contributed by atoms with Gasteiger partial charge in [-0.25, -0.2) is 4.79 Å². The smallest absolute Gasteiger partial charge is 0.312 e. The summed E-state index contributed by atoms with van der Waals surface area (Å²) in [5, 5.41) is 4.81. The van der Waals surface area contributed by atoms with Crippen LogP contribution in [0.2, 0.25) is 0 Å². The topological polar surface area (TPSA) is 41.1 Å². The lowest BCUT2D eigenvalue weighted by Crippen LogP contribution is -2.32. The molecule has 42 valence electrons. The Balaban J connectivity index is 3.00. The molecule has 0 saturated heterocycles. The average Bonchev–Trinajstić information content (AvgIpc) is 1.68. The molecule has 0 aromatic heterocycles. The van der Waals surface area contributed by atoms with Gasteiger partial charge in [0.25, 0.3) is 0 Å². The quantitative estimate of drug-likeness (QED) is 0.439. The molecule has 0 fully saturated rings. The van der Waals surface area contributed by atoms with Crippen molar-refractivity contribution in [2.45, 2.75) is 0 Å². The van der Waals surface area contributed by atoms with Crippen molar-refractivity contribution in [2.24, 2.45) is 0 Å². The van der Waals surface area contributed by atoms with E-state index in [-0.39, 0.29) is 6.03 Å². The molecule has 0 aromatic rings. The van der Waals surface area contributed by atoms with Gasteiger partial charge in [0.2, 0.25) is 0 Å². The Morgan fingerprint density at radius 3 is 2.57 bits per heavy atom. The highest BCUT2D eigenvalue weighted by Crippen LogP contribution is 1.55. The second kappa shape index (κ2) is 3.46. The SMILES string of the molecule is [CH2-]CNC(=O)NC. The summed E-state index contributed by atoms with van der Waals surface area (Å²) in [6.45, 7) is 3.83. The molecule has 0 heterocycles. The van der Waals surface area contributed by atoms with Crippen molar-refractivity contribution >= 4 is 6.03 Å². The molecule has 0 rings (SSSR count). The molecule has 0 saturated carbocycles. The summed E-state index contributed by atoms with van der Waals surface area (Å²) in [7, 11) is 1.56. The third kappa shape index (κ3) is 3.09. The average molecular weight is 101 g/mol. The zero-order valence-corrected chi connectivity index (χ0v) is 4.32. The van der Waals surface area contributed by atoms with E-state index < -0.39 is 0 Å². The molecule has 0 aliphatic rings.